The van der Waals surface area contributed by atoms with Crippen LogP contribution in [-0.2, 0) is 6.61 Å². The van der Waals surface area contributed by atoms with Crippen molar-refractivity contribution in [3.8, 4) is 5.75 Å². The molecule has 0 atom stereocenters. The van der Waals surface area contributed by atoms with Gasteiger partial charge in [0.2, 0.25) is 0 Å². The van der Waals surface area contributed by atoms with Gasteiger partial charge in [-0.25, -0.2) is 0 Å². The zero-order valence-electron chi connectivity index (χ0n) is 13.8. The standard InChI is InChI=1S/C19H22BrNO3/c1-2-10-21(12-14-6-7-14)19(22)18-9-8-17(24-18)13-23-16-5-3-4-15(20)11-16/h3-5,8-9,11,14H,2,6-7,10,12-13H2,1H3. The third kappa shape index (κ3) is 4.63. The van der Waals surface area contributed by atoms with Gasteiger partial charge in [-0.05, 0) is 55.5 Å². The zero-order valence-corrected chi connectivity index (χ0v) is 15.4. The third-order valence-corrected chi connectivity index (χ3v) is 4.50. The maximum atomic E-state index is 12.6. The highest BCUT2D eigenvalue weighted by Crippen LogP contribution is 2.30. The number of ether oxygens (including phenoxy) is 1. The van der Waals surface area contributed by atoms with Crippen molar-refractivity contribution in [1.29, 1.82) is 0 Å². The molecule has 0 spiro atoms. The van der Waals surface area contributed by atoms with Crippen molar-refractivity contribution >= 4 is 21.8 Å². The molecule has 1 heterocycles. The average molecular weight is 392 g/mol. The number of carbonyl (C=O) groups is 1. The highest BCUT2D eigenvalue weighted by Gasteiger charge is 2.28. The lowest BCUT2D eigenvalue weighted by molar-refractivity contribution is 0.0711. The fourth-order valence-corrected chi connectivity index (χ4v) is 2.97. The number of hydrogen-bond donors (Lipinski definition) is 0. The summed E-state index contributed by atoms with van der Waals surface area (Å²) in [4.78, 5) is 14.5. The molecule has 5 heteroatoms. The molecule has 4 nitrogen and oxygen atoms in total. The van der Waals surface area contributed by atoms with Gasteiger partial charge in [-0.2, -0.15) is 0 Å². The largest absolute Gasteiger partial charge is 0.486 e. The van der Waals surface area contributed by atoms with Crippen LogP contribution in [0.5, 0.6) is 5.75 Å². The van der Waals surface area contributed by atoms with Crippen molar-refractivity contribution in [3.05, 3.63) is 52.4 Å². The van der Waals surface area contributed by atoms with Gasteiger partial charge in [-0.15, -0.1) is 0 Å². The molecule has 3 rings (SSSR count). The van der Waals surface area contributed by atoms with Crippen molar-refractivity contribution in [2.75, 3.05) is 13.1 Å². The van der Waals surface area contributed by atoms with Gasteiger partial charge in [0.15, 0.2) is 5.76 Å². The number of rotatable bonds is 8. The smallest absolute Gasteiger partial charge is 0.289 e. The van der Waals surface area contributed by atoms with Crippen LogP contribution in [-0.4, -0.2) is 23.9 Å². The fourth-order valence-electron chi connectivity index (χ4n) is 2.60. The molecule has 128 valence electrons. The molecule has 1 aliphatic rings. The monoisotopic (exact) mass is 391 g/mol. The molecule has 0 radical (unpaired) electrons. The molecule has 1 aromatic carbocycles. The minimum Gasteiger partial charge on any atom is -0.486 e. The van der Waals surface area contributed by atoms with Crippen molar-refractivity contribution < 1.29 is 13.9 Å². The lowest BCUT2D eigenvalue weighted by atomic mass is 10.3. The van der Waals surface area contributed by atoms with Gasteiger partial charge in [-0.1, -0.05) is 28.9 Å². The van der Waals surface area contributed by atoms with Crippen LogP contribution in [0.3, 0.4) is 0 Å². The molecule has 1 aromatic heterocycles. The summed E-state index contributed by atoms with van der Waals surface area (Å²) in [6, 6.07) is 11.2. The molecule has 0 saturated heterocycles. The van der Waals surface area contributed by atoms with Crippen molar-refractivity contribution in [1.82, 2.24) is 4.90 Å². The molecule has 0 bridgehead atoms. The summed E-state index contributed by atoms with van der Waals surface area (Å²) in [5.74, 6) is 2.47. The van der Waals surface area contributed by atoms with Crippen LogP contribution < -0.4 is 4.74 Å². The number of nitrogens with zero attached hydrogens (tertiary/aromatic N) is 1. The first kappa shape index (κ1) is 17.1. The molecule has 2 aromatic rings. The number of amides is 1. The van der Waals surface area contributed by atoms with E-state index < -0.39 is 0 Å². The van der Waals surface area contributed by atoms with Crippen LogP contribution in [0.1, 0.15) is 42.5 Å². The predicted molar refractivity (Wildman–Crippen MR) is 96.1 cm³/mol. The molecule has 1 fully saturated rings. The number of carbonyl (C=O) groups excluding carboxylic acids is 1. The van der Waals surface area contributed by atoms with Crippen LogP contribution in [0.4, 0.5) is 0 Å². The summed E-state index contributed by atoms with van der Waals surface area (Å²) in [7, 11) is 0. The molecule has 24 heavy (non-hydrogen) atoms. The number of benzene rings is 1. The number of halogens is 1. The van der Waals surface area contributed by atoms with E-state index in [9.17, 15) is 4.79 Å². The first-order valence-corrected chi connectivity index (χ1v) is 9.21. The van der Waals surface area contributed by atoms with E-state index in [1.165, 1.54) is 12.8 Å². The van der Waals surface area contributed by atoms with Crippen LogP contribution in [0.2, 0.25) is 0 Å². The Morgan fingerprint density at radius 1 is 1.33 bits per heavy atom. The summed E-state index contributed by atoms with van der Waals surface area (Å²) in [6.45, 7) is 4.02. The van der Waals surface area contributed by atoms with Gasteiger partial charge in [0.25, 0.3) is 5.91 Å². The predicted octanol–water partition coefficient (Wildman–Crippen LogP) is 4.88. The van der Waals surface area contributed by atoms with E-state index in [0.29, 0.717) is 24.0 Å². The van der Waals surface area contributed by atoms with E-state index in [2.05, 4.69) is 22.9 Å². The van der Waals surface area contributed by atoms with E-state index in [-0.39, 0.29) is 5.91 Å². The Bertz CT molecular complexity index is 693. The highest BCUT2D eigenvalue weighted by molar-refractivity contribution is 9.10. The van der Waals surface area contributed by atoms with Crippen LogP contribution in [0.25, 0.3) is 0 Å². The molecule has 1 aliphatic carbocycles. The SMILES string of the molecule is CCCN(CC1CC1)C(=O)c1ccc(COc2cccc(Br)c2)o1. The van der Waals surface area contributed by atoms with Crippen LogP contribution in [0.15, 0.2) is 45.3 Å². The summed E-state index contributed by atoms with van der Waals surface area (Å²) in [5, 5.41) is 0. The third-order valence-electron chi connectivity index (χ3n) is 4.01. The molecule has 0 N–H and O–H groups in total. The molecule has 1 saturated carbocycles. The number of furan rings is 1. The topological polar surface area (TPSA) is 42.7 Å². The minimum atomic E-state index is -0.0162. The highest BCUT2D eigenvalue weighted by atomic mass is 79.9. The molecular formula is C19H22BrNO3. The molecule has 0 unspecified atom stereocenters. The lowest BCUT2D eigenvalue weighted by Gasteiger charge is -2.20. The Kier molecular flexibility index (Phi) is 5.61. The molecule has 0 aliphatic heterocycles. The second-order valence-corrected chi connectivity index (χ2v) is 7.12. The van der Waals surface area contributed by atoms with Crippen LogP contribution >= 0.6 is 15.9 Å². The van der Waals surface area contributed by atoms with Gasteiger partial charge in [0.05, 0.1) is 0 Å². The van der Waals surface area contributed by atoms with Gasteiger partial charge >= 0.3 is 0 Å². The summed E-state index contributed by atoms with van der Waals surface area (Å²) in [6.07, 6.45) is 3.42. The maximum absolute atomic E-state index is 12.6. The van der Waals surface area contributed by atoms with E-state index in [1.807, 2.05) is 35.2 Å². The fraction of sp³-hybridized carbons (Fsp3) is 0.421. The Morgan fingerprint density at radius 3 is 2.88 bits per heavy atom. The summed E-state index contributed by atoms with van der Waals surface area (Å²) in [5.41, 5.74) is 0. The maximum Gasteiger partial charge on any atom is 0.289 e. The van der Waals surface area contributed by atoms with Gasteiger partial charge < -0.3 is 14.1 Å². The van der Waals surface area contributed by atoms with Gasteiger partial charge in [0, 0.05) is 17.6 Å². The normalized spacial score (nSPS) is 13.8. The second-order valence-electron chi connectivity index (χ2n) is 6.21. The molecule has 1 amide bonds. The summed E-state index contributed by atoms with van der Waals surface area (Å²) < 4.78 is 12.4. The van der Waals surface area contributed by atoms with Gasteiger partial charge in [0.1, 0.15) is 18.1 Å². The van der Waals surface area contributed by atoms with E-state index in [1.54, 1.807) is 6.07 Å². The van der Waals surface area contributed by atoms with Gasteiger partial charge in [-0.3, -0.25) is 4.79 Å². The Balaban J connectivity index is 1.60. The van der Waals surface area contributed by atoms with E-state index in [4.69, 9.17) is 9.15 Å². The van der Waals surface area contributed by atoms with E-state index >= 15 is 0 Å². The Hall–Kier alpha value is -1.75. The number of hydrogen-bond acceptors (Lipinski definition) is 3. The first-order chi connectivity index (χ1) is 11.7. The lowest BCUT2D eigenvalue weighted by Crippen LogP contribution is -2.33. The summed E-state index contributed by atoms with van der Waals surface area (Å²) >= 11 is 3.41. The minimum absolute atomic E-state index is 0.0162. The Morgan fingerprint density at radius 2 is 2.17 bits per heavy atom. The average Bonchev–Trinajstić information content (AvgIpc) is 3.26. The van der Waals surface area contributed by atoms with E-state index in [0.717, 1.165) is 29.7 Å². The zero-order chi connectivity index (χ0) is 16.9. The van der Waals surface area contributed by atoms with Crippen molar-refractivity contribution in [2.45, 2.75) is 32.8 Å². The first-order valence-electron chi connectivity index (χ1n) is 8.42. The van der Waals surface area contributed by atoms with Crippen LogP contribution in [0, 0.1) is 5.92 Å². The second kappa shape index (κ2) is 7.88. The molecular weight excluding hydrogens is 370 g/mol. The van der Waals surface area contributed by atoms with Crippen molar-refractivity contribution in [3.63, 3.8) is 0 Å². The van der Waals surface area contributed by atoms with Crippen molar-refractivity contribution in [2.24, 2.45) is 5.92 Å². The quantitative estimate of drug-likeness (QED) is 0.643. The Labute approximate surface area is 150 Å².